The van der Waals surface area contributed by atoms with Gasteiger partial charge in [0, 0.05) is 48.2 Å². The van der Waals surface area contributed by atoms with Crippen molar-refractivity contribution in [2.45, 2.75) is 19.9 Å². The molecule has 8 nitrogen and oxygen atoms in total. The molecular weight excluding hydrogens is 484 g/mol. The van der Waals surface area contributed by atoms with Gasteiger partial charge in [0.15, 0.2) is 11.6 Å². The molecule has 1 N–H and O–H groups in total. The van der Waals surface area contributed by atoms with Gasteiger partial charge < -0.3 is 10.0 Å². The van der Waals surface area contributed by atoms with E-state index in [2.05, 4.69) is 4.90 Å². The Morgan fingerprint density at radius 1 is 0.973 bits per heavy atom. The Bertz CT molecular complexity index is 1400. The van der Waals surface area contributed by atoms with E-state index in [1.165, 1.54) is 18.2 Å². The molecule has 0 saturated carbocycles. The molecule has 1 aliphatic heterocycles. The van der Waals surface area contributed by atoms with Crippen LogP contribution in [0.4, 0.5) is 25.8 Å². The van der Waals surface area contributed by atoms with Gasteiger partial charge in [-0.05, 0) is 55.8 Å². The van der Waals surface area contributed by atoms with Gasteiger partial charge >= 0.3 is 0 Å². The molecular formula is C27H23F2N3O5. The number of rotatable bonds is 7. The van der Waals surface area contributed by atoms with Gasteiger partial charge in [-0.15, -0.1) is 0 Å². The fourth-order valence-electron chi connectivity index (χ4n) is 4.40. The zero-order valence-corrected chi connectivity index (χ0v) is 20.0. The Morgan fingerprint density at radius 3 is 2.14 bits per heavy atom. The standard InChI is InChI=1S/C27H23F2N3O5/c1-3-30(4-2)18-9-5-16(6-10-18)24-23(25(33)17-7-11-19(12-8-17)32(36)37)26(34)27(35)31(24)20-13-14-21(28)22(29)15-20/h5-15,24,33H,3-4H2,1-2H3/b25-23+. The lowest BCUT2D eigenvalue weighted by Crippen LogP contribution is -2.29. The molecule has 1 heterocycles. The van der Waals surface area contributed by atoms with Gasteiger partial charge in [0.25, 0.3) is 17.4 Å². The summed E-state index contributed by atoms with van der Waals surface area (Å²) in [6.45, 7) is 5.51. The fraction of sp³-hybridized carbons (Fsp3) is 0.185. The summed E-state index contributed by atoms with van der Waals surface area (Å²) < 4.78 is 27.7. The van der Waals surface area contributed by atoms with E-state index in [4.69, 9.17) is 0 Å². The summed E-state index contributed by atoms with van der Waals surface area (Å²) in [5, 5.41) is 22.1. The Labute approximate surface area is 211 Å². The van der Waals surface area contributed by atoms with Gasteiger partial charge in [-0.2, -0.15) is 0 Å². The number of hydrogen-bond donors (Lipinski definition) is 1. The molecule has 10 heteroatoms. The third-order valence-corrected chi connectivity index (χ3v) is 6.31. The van der Waals surface area contributed by atoms with Crippen LogP contribution in [0.5, 0.6) is 0 Å². The molecule has 3 aromatic rings. The summed E-state index contributed by atoms with van der Waals surface area (Å²) in [6, 6.07) is 13.5. The zero-order valence-electron chi connectivity index (χ0n) is 20.0. The quantitative estimate of drug-likeness (QED) is 0.152. The number of nitro groups is 1. The van der Waals surface area contributed by atoms with Crippen molar-refractivity contribution >= 4 is 34.5 Å². The summed E-state index contributed by atoms with van der Waals surface area (Å²) in [6.07, 6.45) is 0. The molecule has 1 amide bonds. The Balaban J connectivity index is 1.90. The van der Waals surface area contributed by atoms with Crippen molar-refractivity contribution < 1.29 is 28.4 Å². The third-order valence-electron chi connectivity index (χ3n) is 6.31. The fourth-order valence-corrected chi connectivity index (χ4v) is 4.40. The number of aliphatic hydroxyl groups is 1. The second-order valence-corrected chi connectivity index (χ2v) is 8.34. The molecule has 0 radical (unpaired) electrons. The van der Waals surface area contributed by atoms with E-state index in [9.17, 15) is 33.6 Å². The molecule has 1 unspecified atom stereocenters. The van der Waals surface area contributed by atoms with Crippen molar-refractivity contribution in [1.82, 2.24) is 0 Å². The van der Waals surface area contributed by atoms with Crippen molar-refractivity contribution in [2.24, 2.45) is 0 Å². The lowest BCUT2D eigenvalue weighted by molar-refractivity contribution is -0.384. The highest BCUT2D eigenvalue weighted by Gasteiger charge is 2.47. The van der Waals surface area contributed by atoms with Crippen LogP contribution in [0.1, 0.15) is 31.0 Å². The average molecular weight is 507 g/mol. The number of hydrogen-bond acceptors (Lipinski definition) is 6. The number of carbonyl (C=O) groups is 2. The van der Waals surface area contributed by atoms with Crippen molar-refractivity contribution in [2.75, 3.05) is 22.9 Å². The van der Waals surface area contributed by atoms with Gasteiger partial charge in [0.1, 0.15) is 5.76 Å². The molecule has 1 fully saturated rings. The largest absolute Gasteiger partial charge is 0.507 e. The summed E-state index contributed by atoms with van der Waals surface area (Å²) in [5.41, 5.74) is 0.860. The van der Waals surface area contributed by atoms with Crippen LogP contribution in [0.3, 0.4) is 0 Å². The molecule has 0 aromatic heterocycles. The maximum absolute atomic E-state index is 14.1. The van der Waals surface area contributed by atoms with Gasteiger partial charge in [-0.1, -0.05) is 12.1 Å². The van der Waals surface area contributed by atoms with Crippen LogP contribution >= 0.6 is 0 Å². The molecule has 0 spiro atoms. The number of Topliss-reactive ketones (excluding diaryl/α,β-unsaturated/α-hetero) is 1. The minimum Gasteiger partial charge on any atom is -0.507 e. The zero-order chi connectivity index (χ0) is 26.9. The number of halogens is 2. The summed E-state index contributed by atoms with van der Waals surface area (Å²) >= 11 is 0. The predicted octanol–water partition coefficient (Wildman–Crippen LogP) is 5.35. The Kier molecular flexibility index (Phi) is 7.01. The van der Waals surface area contributed by atoms with E-state index < -0.39 is 40.0 Å². The highest BCUT2D eigenvalue weighted by atomic mass is 19.2. The lowest BCUT2D eigenvalue weighted by Gasteiger charge is -2.27. The first-order chi connectivity index (χ1) is 17.7. The maximum atomic E-state index is 14.1. The number of anilines is 2. The van der Waals surface area contributed by atoms with E-state index in [1.54, 1.807) is 24.3 Å². The van der Waals surface area contributed by atoms with E-state index >= 15 is 0 Å². The van der Waals surface area contributed by atoms with Crippen LogP contribution in [0.25, 0.3) is 5.76 Å². The molecule has 1 aliphatic rings. The van der Waals surface area contributed by atoms with Gasteiger partial charge in [-0.3, -0.25) is 24.6 Å². The van der Waals surface area contributed by atoms with Crippen molar-refractivity contribution in [3.8, 4) is 0 Å². The third kappa shape index (κ3) is 4.65. The van der Waals surface area contributed by atoms with Gasteiger partial charge in [0.2, 0.25) is 0 Å². The minimum atomic E-state index is -1.20. The molecule has 0 bridgehead atoms. The van der Waals surface area contributed by atoms with E-state index in [-0.39, 0.29) is 22.5 Å². The van der Waals surface area contributed by atoms with Crippen LogP contribution in [0.15, 0.2) is 72.3 Å². The van der Waals surface area contributed by atoms with E-state index in [0.717, 1.165) is 47.9 Å². The van der Waals surface area contributed by atoms with E-state index in [0.29, 0.717) is 5.56 Å². The first kappa shape index (κ1) is 25.5. The number of ketones is 1. The number of nitro benzene ring substituents is 1. The van der Waals surface area contributed by atoms with Gasteiger partial charge in [0.05, 0.1) is 16.5 Å². The average Bonchev–Trinajstić information content (AvgIpc) is 3.16. The SMILES string of the molecule is CCN(CC)c1ccc(C2/C(=C(\O)c3ccc([N+](=O)[O-])cc3)C(=O)C(=O)N2c2ccc(F)c(F)c2)cc1. The number of benzene rings is 3. The van der Waals surface area contributed by atoms with Crippen LogP contribution in [-0.4, -0.2) is 34.8 Å². The minimum absolute atomic E-state index is 0.0680. The van der Waals surface area contributed by atoms with Crippen LogP contribution in [0.2, 0.25) is 0 Å². The van der Waals surface area contributed by atoms with Gasteiger partial charge in [-0.25, -0.2) is 8.78 Å². The number of nitrogens with zero attached hydrogens (tertiary/aromatic N) is 3. The topological polar surface area (TPSA) is 104 Å². The number of carbonyl (C=O) groups excluding carboxylic acids is 2. The predicted molar refractivity (Wildman–Crippen MR) is 134 cm³/mol. The lowest BCUT2D eigenvalue weighted by atomic mass is 9.94. The monoisotopic (exact) mass is 507 g/mol. The maximum Gasteiger partial charge on any atom is 0.300 e. The molecule has 4 rings (SSSR count). The smallest absolute Gasteiger partial charge is 0.300 e. The molecule has 1 saturated heterocycles. The summed E-state index contributed by atoms with van der Waals surface area (Å²) in [5.74, 6) is -4.93. The Hall–Kier alpha value is -4.60. The molecule has 37 heavy (non-hydrogen) atoms. The summed E-state index contributed by atoms with van der Waals surface area (Å²) in [7, 11) is 0. The highest BCUT2D eigenvalue weighted by molar-refractivity contribution is 6.51. The van der Waals surface area contributed by atoms with Crippen molar-refractivity contribution in [1.29, 1.82) is 0 Å². The van der Waals surface area contributed by atoms with Crippen LogP contribution < -0.4 is 9.80 Å². The number of amides is 1. The van der Waals surface area contributed by atoms with Crippen LogP contribution in [-0.2, 0) is 9.59 Å². The Morgan fingerprint density at radius 2 is 1.59 bits per heavy atom. The normalized spacial score (nSPS) is 16.8. The van der Waals surface area contributed by atoms with Crippen LogP contribution in [0, 0.1) is 21.7 Å². The molecule has 1 atom stereocenters. The first-order valence-electron chi connectivity index (χ1n) is 11.5. The van der Waals surface area contributed by atoms with Crippen molar-refractivity contribution in [3.63, 3.8) is 0 Å². The van der Waals surface area contributed by atoms with E-state index in [1.807, 2.05) is 13.8 Å². The second kappa shape index (κ2) is 10.2. The molecule has 3 aromatic carbocycles. The second-order valence-electron chi connectivity index (χ2n) is 8.34. The number of non-ortho nitro benzene ring substituents is 1. The first-order valence-corrected chi connectivity index (χ1v) is 11.5. The number of aliphatic hydroxyl groups excluding tert-OH is 1. The van der Waals surface area contributed by atoms with Crippen molar-refractivity contribution in [3.05, 3.63) is 105 Å². The highest BCUT2D eigenvalue weighted by Crippen LogP contribution is 2.43. The molecule has 0 aliphatic carbocycles. The summed E-state index contributed by atoms with van der Waals surface area (Å²) in [4.78, 5) is 39.8. The molecule has 190 valence electrons.